The van der Waals surface area contributed by atoms with Crippen molar-refractivity contribution in [3.05, 3.63) is 30.1 Å². The number of amides is 1. The first-order valence-electron chi connectivity index (χ1n) is 6.93. The van der Waals surface area contributed by atoms with Gasteiger partial charge in [-0.1, -0.05) is 38.3 Å². The maximum absolute atomic E-state index is 12.1. The molecule has 4 heteroatoms. The first-order chi connectivity index (χ1) is 9.24. The van der Waals surface area contributed by atoms with Crippen LogP contribution in [0.3, 0.4) is 0 Å². The van der Waals surface area contributed by atoms with E-state index in [1.54, 1.807) is 0 Å². The minimum Gasteiger partial charge on any atom is -0.349 e. The van der Waals surface area contributed by atoms with Crippen LogP contribution >= 0.6 is 0 Å². The van der Waals surface area contributed by atoms with Gasteiger partial charge in [0.25, 0.3) is 5.91 Å². The van der Waals surface area contributed by atoms with Gasteiger partial charge in [0.15, 0.2) is 5.82 Å². The van der Waals surface area contributed by atoms with Gasteiger partial charge >= 0.3 is 0 Å². The van der Waals surface area contributed by atoms with Gasteiger partial charge in [-0.2, -0.15) is 0 Å². The molecule has 0 aliphatic heterocycles. The summed E-state index contributed by atoms with van der Waals surface area (Å²) in [6.45, 7) is 2.90. The van der Waals surface area contributed by atoms with Gasteiger partial charge in [-0.3, -0.25) is 4.79 Å². The van der Waals surface area contributed by atoms with Gasteiger partial charge < -0.3 is 9.88 Å². The lowest BCUT2D eigenvalue weighted by Gasteiger charge is -2.04. The van der Waals surface area contributed by atoms with E-state index >= 15 is 0 Å². The molecule has 0 bridgehead atoms. The monoisotopic (exact) mass is 259 g/mol. The Morgan fingerprint density at radius 2 is 2.05 bits per heavy atom. The van der Waals surface area contributed by atoms with Crippen molar-refractivity contribution in [2.45, 2.75) is 32.6 Å². The number of para-hydroxylation sites is 2. The van der Waals surface area contributed by atoms with Crippen LogP contribution in [0.1, 0.15) is 43.2 Å². The number of hydrogen-bond acceptors (Lipinski definition) is 2. The van der Waals surface area contributed by atoms with Crippen LogP contribution in [0.15, 0.2) is 24.3 Å². The Bertz CT molecular complexity index is 560. The topological polar surface area (TPSA) is 46.9 Å². The molecule has 1 amide bonds. The molecule has 2 rings (SSSR count). The molecule has 0 aliphatic rings. The Hall–Kier alpha value is -1.84. The fourth-order valence-corrected chi connectivity index (χ4v) is 2.18. The zero-order chi connectivity index (χ0) is 13.7. The number of imidazole rings is 1. The van der Waals surface area contributed by atoms with Gasteiger partial charge in [0, 0.05) is 13.6 Å². The Balaban J connectivity index is 1.99. The number of nitrogens with one attached hydrogen (secondary N) is 1. The minimum atomic E-state index is -0.0878. The number of benzene rings is 1. The van der Waals surface area contributed by atoms with E-state index in [4.69, 9.17) is 0 Å². The number of carbonyl (C=O) groups excluding carboxylic acids is 1. The molecule has 0 unspecified atom stereocenters. The van der Waals surface area contributed by atoms with Gasteiger partial charge in [0.1, 0.15) is 0 Å². The molecule has 1 heterocycles. The molecule has 4 nitrogen and oxygen atoms in total. The summed E-state index contributed by atoms with van der Waals surface area (Å²) in [6.07, 6.45) is 4.63. The van der Waals surface area contributed by atoms with Crippen molar-refractivity contribution < 1.29 is 4.79 Å². The second-order valence-electron chi connectivity index (χ2n) is 4.80. The van der Waals surface area contributed by atoms with Crippen LogP contribution in [0.2, 0.25) is 0 Å². The summed E-state index contributed by atoms with van der Waals surface area (Å²) in [6, 6.07) is 7.78. The largest absolute Gasteiger partial charge is 0.349 e. The lowest BCUT2D eigenvalue weighted by atomic mass is 10.2. The predicted octanol–water partition coefficient (Wildman–Crippen LogP) is 2.88. The van der Waals surface area contributed by atoms with Crippen molar-refractivity contribution in [1.29, 1.82) is 0 Å². The van der Waals surface area contributed by atoms with Crippen molar-refractivity contribution in [3.8, 4) is 0 Å². The smallest absolute Gasteiger partial charge is 0.287 e. The third-order valence-electron chi connectivity index (χ3n) is 3.31. The molecule has 1 aromatic heterocycles. The van der Waals surface area contributed by atoms with Gasteiger partial charge in [-0.05, 0) is 18.6 Å². The fraction of sp³-hybridized carbons (Fsp3) is 0.467. The standard InChI is InChI=1S/C15H21N3O/c1-3-4-5-8-11-16-15(19)14-17-12-9-6-7-10-13(12)18(14)2/h6-7,9-10H,3-5,8,11H2,1-2H3,(H,16,19). The number of aryl methyl sites for hydroxylation is 1. The molecular weight excluding hydrogens is 238 g/mol. The summed E-state index contributed by atoms with van der Waals surface area (Å²) in [5.41, 5.74) is 1.85. The predicted molar refractivity (Wildman–Crippen MR) is 77.2 cm³/mol. The minimum absolute atomic E-state index is 0.0878. The third-order valence-corrected chi connectivity index (χ3v) is 3.31. The highest BCUT2D eigenvalue weighted by atomic mass is 16.2. The second-order valence-corrected chi connectivity index (χ2v) is 4.80. The molecule has 0 aliphatic carbocycles. The summed E-state index contributed by atoms with van der Waals surface area (Å²) in [5, 5.41) is 2.94. The Morgan fingerprint density at radius 1 is 1.26 bits per heavy atom. The van der Waals surface area contributed by atoms with E-state index in [1.165, 1.54) is 19.3 Å². The molecule has 102 valence electrons. The summed E-state index contributed by atoms with van der Waals surface area (Å²) in [7, 11) is 1.88. The van der Waals surface area contributed by atoms with Gasteiger partial charge in [-0.25, -0.2) is 4.98 Å². The van der Waals surface area contributed by atoms with Crippen molar-refractivity contribution in [2.24, 2.45) is 7.05 Å². The Labute approximate surface area is 113 Å². The number of aromatic nitrogens is 2. The fourth-order valence-electron chi connectivity index (χ4n) is 2.18. The van der Waals surface area contributed by atoms with E-state index < -0.39 is 0 Å². The van der Waals surface area contributed by atoms with E-state index in [9.17, 15) is 4.79 Å². The van der Waals surface area contributed by atoms with E-state index in [1.807, 2.05) is 35.9 Å². The van der Waals surface area contributed by atoms with Crippen LogP contribution < -0.4 is 5.32 Å². The van der Waals surface area contributed by atoms with Gasteiger partial charge in [0.05, 0.1) is 11.0 Å². The normalized spacial score (nSPS) is 10.8. The average molecular weight is 259 g/mol. The molecule has 1 N–H and O–H groups in total. The van der Waals surface area contributed by atoms with Crippen LogP contribution in [0.25, 0.3) is 11.0 Å². The quantitative estimate of drug-likeness (QED) is 0.811. The molecule has 0 spiro atoms. The maximum Gasteiger partial charge on any atom is 0.287 e. The number of fused-ring (bicyclic) bond motifs is 1. The highest BCUT2D eigenvalue weighted by molar-refractivity contribution is 5.94. The van der Waals surface area contributed by atoms with Crippen molar-refractivity contribution >= 4 is 16.9 Å². The summed E-state index contributed by atoms with van der Waals surface area (Å²) < 4.78 is 1.84. The molecule has 0 radical (unpaired) electrons. The maximum atomic E-state index is 12.1. The first kappa shape index (κ1) is 13.6. The van der Waals surface area contributed by atoms with Crippen LogP contribution in [0.5, 0.6) is 0 Å². The van der Waals surface area contributed by atoms with Crippen LogP contribution in [0, 0.1) is 0 Å². The number of carbonyl (C=O) groups is 1. The van der Waals surface area contributed by atoms with Crippen molar-refractivity contribution in [2.75, 3.05) is 6.54 Å². The SMILES string of the molecule is CCCCCCNC(=O)c1nc2ccccc2n1C. The first-order valence-corrected chi connectivity index (χ1v) is 6.93. The van der Waals surface area contributed by atoms with Gasteiger partial charge in [0.2, 0.25) is 0 Å². The molecule has 2 aromatic rings. The zero-order valence-electron chi connectivity index (χ0n) is 11.6. The highest BCUT2D eigenvalue weighted by Crippen LogP contribution is 2.13. The Kier molecular flexibility index (Phi) is 4.55. The highest BCUT2D eigenvalue weighted by Gasteiger charge is 2.14. The van der Waals surface area contributed by atoms with Gasteiger partial charge in [-0.15, -0.1) is 0 Å². The van der Waals surface area contributed by atoms with Crippen LogP contribution in [-0.4, -0.2) is 22.0 Å². The Morgan fingerprint density at radius 3 is 2.79 bits per heavy atom. The van der Waals surface area contributed by atoms with E-state index in [0.29, 0.717) is 5.82 Å². The molecule has 0 saturated heterocycles. The van der Waals surface area contributed by atoms with Crippen molar-refractivity contribution in [3.63, 3.8) is 0 Å². The summed E-state index contributed by atoms with van der Waals surface area (Å²) in [5.74, 6) is 0.395. The summed E-state index contributed by atoms with van der Waals surface area (Å²) in [4.78, 5) is 16.5. The number of hydrogen-bond donors (Lipinski definition) is 1. The van der Waals surface area contributed by atoms with Crippen LogP contribution in [-0.2, 0) is 7.05 Å². The van der Waals surface area contributed by atoms with Crippen LogP contribution in [0.4, 0.5) is 0 Å². The number of rotatable bonds is 6. The lowest BCUT2D eigenvalue weighted by Crippen LogP contribution is -2.27. The lowest BCUT2D eigenvalue weighted by molar-refractivity contribution is 0.0940. The molecule has 0 atom stereocenters. The molecule has 1 aromatic carbocycles. The van der Waals surface area contributed by atoms with E-state index in [-0.39, 0.29) is 5.91 Å². The second kappa shape index (κ2) is 6.36. The third kappa shape index (κ3) is 3.13. The number of nitrogens with zero attached hydrogens (tertiary/aromatic N) is 2. The zero-order valence-corrected chi connectivity index (χ0v) is 11.6. The number of unbranched alkanes of at least 4 members (excludes halogenated alkanes) is 3. The van der Waals surface area contributed by atoms with E-state index in [0.717, 1.165) is 24.0 Å². The molecule has 19 heavy (non-hydrogen) atoms. The summed E-state index contributed by atoms with van der Waals surface area (Å²) >= 11 is 0. The van der Waals surface area contributed by atoms with E-state index in [2.05, 4.69) is 17.2 Å². The molecule has 0 saturated carbocycles. The molecule has 0 fully saturated rings. The van der Waals surface area contributed by atoms with Crippen molar-refractivity contribution in [1.82, 2.24) is 14.9 Å². The molecular formula is C15H21N3O. The average Bonchev–Trinajstić information content (AvgIpc) is 2.76.